The molecular weight excluding hydrogens is 340 g/mol. The van der Waals surface area contributed by atoms with E-state index in [1.165, 1.54) is 0 Å². The van der Waals surface area contributed by atoms with Gasteiger partial charge in [0.25, 0.3) is 0 Å². The van der Waals surface area contributed by atoms with Crippen LogP contribution in [0.2, 0.25) is 0 Å². The third kappa shape index (κ3) is 2.89. The third-order valence-electron chi connectivity index (χ3n) is 4.60. The summed E-state index contributed by atoms with van der Waals surface area (Å²) < 4.78 is 7.29. The number of ether oxygens (including phenoxy) is 1. The molecule has 6 nitrogen and oxygen atoms in total. The molecule has 4 rings (SSSR count). The van der Waals surface area contributed by atoms with Crippen LogP contribution in [0, 0.1) is 0 Å². The molecule has 6 heteroatoms. The van der Waals surface area contributed by atoms with Crippen molar-refractivity contribution in [2.24, 2.45) is 0 Å². The largest absolute Gasteiger partial charge is 0.459 e. The van der Waals surface area contributed by atoms with Crippen molar-refractivity contribution in [3.8, 4) is 5.69 Å². The van der Waals surface area contributed by atoms with Gasteiger partial charge >= 0.3 is 5.97 Å². The van der Waals surface area contributed by atoms with Gasteiger partial charge in [-0.25, -0.2) is 14.8 Å². The fourth-order valence-corrected chi connectivity index (χ4v) is 3.03. The Labute approximate surface area is 156 Å². The number of fused-ring (bicyclic) bond motifs is 2. The van der Waals surface area contributed by atoms with Crippen LogP contribution >= 0.6 is 0 Å². The lowest BCUT2D eigenvalue weighted by molar-refractivity contribution is 0.0338. The molecule has 136 valence electrons. The molecule has 4 aromatic rings. The number of carbonyl (C=O) groups is 1. The van der Waals surface area contributed by atoms with Crippen molar-refractivity contribution in [2.45, 2.75) is 26.4 Å². The van der Waals surface area contributed by atoms with Gasteiger partial charge in [-0.15, -0.1) is 0 Å². The Morgan fingerprint density at radius 3 is 2.37 bits per heavy atom. The average Bonchev–Trinajstić information content (AvgIpc) is 2.97. The summed E-state index contributed by atoms with van der Waals surface area (Å²) in [7, 11) is 0. The predicted octanol–water partition coefficient (Wildman–Crippen LogP) is 4.11. The van der Waals surface area contributed by atoms with Gasteiger partial charge in [0.2, 0.25) is 0 Å². The van der Waals surface area contributed by atoms with Crippen LogP contribution in [0.3, 0.4) is 0 Å². The third-order valence-corrected chi connectivity index (χ3v) is 4.60. The van der Waals surface area contributed by atoms with Crippen LogP contribution in [0.1, 0.15) is 30.6 Å². The summed E-state index contributed by atoms with van der Waals surface area (Å²) in [6, 6.07) is 17.1. The molecule has 0 aliphatic carbocycles. The Kier molecular flexibility index (Phi) is 4.24. The molecule has 27 heavy (non-hydrogen) atoms. The van der Waals surface area contributed by atoms with Gasteiger partial charge in [-0.1, -0.05) is 37.3 Å². The predicted molar refractivity (Wildman–Crippen MR) is 106 cm³/mol. The van der Waals surface area contributed by atoms with Gasteiger partial charge in [0.15, 0.2) is 5.65 Å². The fourth-order valence-electron chi connectivity index (χ4n) is 3.03. The lowest BCUT2D eigenvalue weighted by atomic mass is 10.2. The maximum atomic E-state index is 12.8. The van der Waals surface area contributed by atoms with Gasteiger partial charge < -0.3 is 10.5 Å². The van der Waals surface area contributed by atoms with Crippen LogP contribution in [-0.2, 0) is 4.74 Å². The molecule has 0 spiro atoms. The van der Waals surface area contributed by atoms with E-state index in [2.05, 4.69) is 4.98 Å². The molecule has 0 saturated heterocycles. The second-order valence-electron chi connectivity index (χ2n) is 6.44. The minimum absolute atomic E-state index is 0.208. The number of benzene rings is 2. The van der Waals surface area contributed by atoms with E-state index in [1.807, 2.05) is 68.4 Å². The summed E-state index contributed by atoms with van der Waals surface area (Å²) in [5.41, 5.74) is 9.90. The Bertz CT molecular complexity index is 1140. The molecule has 0 aliphatic heterocycles. The number of nitrogens with two attached hydrogens (primary N) is 1. The quantitative estimate of drug-likeness (QED) is 0.554. The minimum Gasteiger partial charge on any atom is -0.459 e. The number of esters is 1. The van der Waals surface area contributed by atoms with E-state index in [1.54, 1.807) is 4.57 Å². The van der Waals surface area contributed by atoms with Crippen molar-refractivity contribution in [2.75, 3.05) is 5.73 Å². The number of nitrogens with zero attached hydrogens (tertiary/aromatic N) is 3. The van der Waals surface area contributed by atoms with Crippen molar-refractivity contribution in [3.05, 3.63) is 60.2 Å². The number of anilines is 1. The SMILES string of the molecule is CC[C@@H](C)OC(=O)c1c(N)n(-c2ccccc2)c2nc3ccccc3nc12. The lowest BCUT2D eigenvalue weighted by Crippen LogP contribution is -2.15. The maximum absolute atomic E-state index is 12.8. The van der Waals surface area contributed by atoms with Crippen LogP contribution in [0.25, 0.3) is 27.9 Å². The molecule has 0 unspecified atom stereocenters. The zero-order chi connectivity index (χ0) is 19.0. The van der Waals surface area contributed by atoms with Crippen LogP contribution in [0.5, 0.6) is 0 Å². The van der Waals surface area contributed by atoms with Crippen molar-refractivity contribution in [1.82, 2.24) is 14.5 Å². The molecule has 0 amide bonds. The second-order valence-corrected chi connectivity index (χ2v) is 6.44. The smallest absolute Gasteiger partial charge is 0.344 e. The van der Waals surface area contributed by atoms with E-state index in [0.29, 0.717) is 16.7 Å². The molecule has 0 aliphatic rings. The van der Waals surface area contributed by atoms with E-state index in [9.17, 15) is 4.79 Å². The van der Waals surface area contributed by atoms with E-state index in [4.69, 9.17) is 15.5 Å². The summed E-state index contributed by atoms with van der Waals surface area (Å²) in [6.07, 6.45) is 0.512. The average molecular weight is 360 g/mol. The molecule has 2 N–H and O–H groups in total. The zero-order valence-electron chi connectivity index (χ0n) is 15.2. The van der Waals surface area contributed by atoms with Crippen LogP contribution in [-0.4, -0.2) is 26.6 Å². The first-order valence-corrected chi connectivity index (χ1v) is 8.93. The number of nitrogen functional groups attached to an aromatic ring is 1. The standard InChI is InChI=1S/C21H20N4O2/c1-3-13(2)27-21(26)17-18-20(24-16-12-8-7-11-15(16)23-18)25(19(17)22)14-9-5-4-6-10-14/h4-13H,3,22H2,1-2H3/t13-/m1/s1. The van der Waals surface area contributed by atoms with Crippen molar-refractivity contribution < 1.29 is 9.53 Å². The fraction of sp³-hybridized carbons (Fsp3) is 0.190. The van der Waals surface area contributed by atoms with Crippen molar-refractivity contribution in [1.29, 1.82) is 0 Å². The lowest BCUT2D eigenvalue weighted by Gasteiger charge is -2.11. The van der Waals surface area contributed by atoms with Gasteiger partial charge in [0.1, 0.15) is 16.9 Å². The summed E-state index contributed by atoms with van der Waals surface area (Å²) in [6.45, 7) is 3.81. The number of carbonyl (C=O) groups excluding carboxylic acids is 1. The Morgan fingerprint density at radius 1 is 1.07 bits per heavy atom. The molecule has 0 saturated carbocycles. The highest BCUT2D eigenvalue weighted by atomic mass is 16.5. The van der Waals surface area contributed by atoms with Crippen LogP contribution in [0.4, 0.5) is 5.82 Å². The molecule has 2 aromatic carbocycles. The van der Waals surface area contributed by atoms with Gasteiger partial charge in [-0.3, -0.25) is 4.57 Å². The highest BCUT2D eigenvalue weighted by molar-refractivity contribution is 6.09. The minimum atomic E-state index is -0.480. The summed E-state index contributed by atoms with van der Waals surface area (Å²) in [4.78, 5) is 22.3. The number of para-hydroxylation sites is 3. The van der Waals surface area contributed by atoms with Crippen LogP contribution < -0.4 is 5.73 Å². The molecule has 2 heterocycles. The van der Waals surface area contributed by atoms with Gasteiger partial charge in [-0.2, -0.15) is 0 Å². The first-order valence-electron chi connectivity index (χ1n) is 8.93. The van der Waals surface area contributed by atoms with Crippen molar-refractivity contribution in [3.63, 3.8) is 0 Å². The normalized spacial score (nSPS) is 12.4. The van der Waals surface area contributed by atoms with Crippen molar-refractivity contribution >= 4 is 34.0 Å². The Morgan fingerprint density at radius 2 is 1.70 bits per heavy atom. The number of hydrogen-bond acceptors (Lipinski definition) is 5. The van der Waals surface area contributed by atoms with Crippen LogP contribution in [0.15, 0.2) is 54.6 Å². The summed E-state index contributed by atoms with van der Waals surface area (Å²) >= 11 is 0. The molecule has 0 bridgehead atoms. The van der Waals surface area contributed by atoms with E-state index >= 15 is 0 Å². The first kappa shape index (κ1) is 17.0. The van der Waals surface area contributed by atoms with E-state index in [0.717, 1.165) is 17.6 Å². The Hall–Kier alpha value is -3.41. The number of aromatic nitrogens is 3. The first-order chi connectivity index (χ1) is 13.1. The zero-order valence-corrected chi connectivity index (χ0v) is 15.2. The summed E-state index contributed by atoms with van der Waals surface area (Å²) in [5, 5.41) is 0. The highest BCUT2D eigenvalue weighted by Gasteiger charge is 2.26. The van der Waals surface area contributed by atoms with E-state index < -0.39 is 5.97 Å². The molecule has 1 atom stereocenters. The van der Waals surface area contributed by atoms with E-state index in [-0.39, 0.29) is 17.5 Å². The Balaban J connectivity index is 2.03. The summed E-state index contributed by atoms with van der Waals surface area (Å²) in [5.74, 6) is -0.203. The van der Waals surface area contributed by atoms with Gasteiger partial charge in [0, 0.05) is 5.69 Å². The topological polar surface area (TPSA) is 83.0 Å². The second kappa shape index (κ2) is 6.72. The van der Waals surface area contributed by atoms with Gasteiger partial charge in [-0.05, 0) is 37.6 Å². The molecule has 0 radical (unpaired) electrons. The monoisotopic (exact) mass is 360 g/mol. The highest BCUT2D eigenvalue weighted by Crippen LogP contribution is 2.31. The molecular formula is C21H20N4O2. The number of rotatable bonds is 4. The van der Waals surface area contributed by atoms with Gasteiger partial charge in [0.05, 0.1) is 17.1 Å². The number of hydrogen-bond donors (Lipinski definition) is 1. The molecule has 2 aromatic heterocycles. The maximum Gasteiger partial charge on any atom is 0.344 e. The molecule has 0 fully saturated rings.